The molecule has 1 aromatic heterocycles. The molecule has 0 radical (unpaired) electrons. The summed E-state index contributed by atoms with van der Waals surface area (Å²) < 4.78 is 36.2. The average molecular weight is 711 g/mol. The monoisotopic (exact) mass is 710 g/mol. The van der Waals surface area contributed by atoms with E-state index in [9.17, 15) is 9.59 Å². The van der Waals surface area contributed by atoms with Crippen molar-refractivity contribution in [2.45, 2.75) is 76.4 Å². The number of aromatic nitrogens is 2. The van der Waals surface area contributed by atoms with Crippen LogP contribution in [0.5, 0.6) is 0 Å². The third-order valence-electron chi connectivity index (χ3n) is 11.1. The molecule has 3 saturated heterocycles. The molecule has 1 unspecified atom stereocenters. The molecule has 3 aromatic carbocycles. The van der Waals surface area contributed by atoms with Crippen LogP contribution in [-0.2, 0) is 9.53 Å². The lowest BCUT2D eigenvalue weighted by molar-refractivity contribution is -0.135. The average Bonchev–Trinajstić information content (AvgIpc) is 3.95. The summed E-state index contributed by atoms with van der Waals surface area (Å²) in [5, 5.41) is 2.69. The zero-order chi connectivity index (χ0) is 36.4. The van der Waals surface area contributed by atoms with Crippen LogP contribution in [0.25, 0.3) is 11.3 Å². The maximum Gasteiger partial charge on any atom is 0.407 e. The number of nitrogens with one attached hydrogen (secondary N) is 2. The zero-order valence-corrected chi connectivity index (χ0v) is 30.2. The number of aromatic amines is 1. The number of alkyl carbamates (subject to hydrolysis) is 1. The van der Waals surface area contributed by atoms with Crippen molar-refractivity contribution in [2.75, 3.05) is 43.1 Å². The molecular formula is C41H48F2N6O3. The van der Waals surface area contributed by atoms with E-state index in [0.29, 0.717) is 37.1 Å². The summed E-state index contributed by atoms with van der Waals surface area (Å²) in [6.07, 6.45) is 6.31. The maximum atomic E-state index is 15.7. The predicted octanol–water partition coefficient (Wildman–Crippen LogP) is 8.12. The van der Waals surface area contributed by atoms with Crippen molar-refractivity contribution in [1.29, 1.82) is 0 Å². The molecule has 274 valence electrons. The Morgan fingerprint density at radius 2 is 1.54 bits per heavy atom. The number of rotatable bonds is 9. The molecule has 0 spiro atoms. The second-order valence-corrected chi connectivity index (χ2v) is 14.6. The van der Waals surface area contributed by atoms with E-state index in [-0.39, 0.29) is 29.6 Å². The molecule has 4 heterocycles. The van der Waals surface area contributed by atoms with E-state index in [0.717, 1.165) is 61.9 Å². The second kappa shape index (κ2) is 15.4. The third-order valence-corrected chi connectivity index (χ3v) is 11.1. The molecule has 52 heavy (non-hydrogen) atoms. The molecule has 3 aliphatic rings. The van der Waals surface area contributed by atoms with Crippen LogP contribution in [0.4, 0.5) is 25.0 Å². The van der Waals surface area contributed by atoms with E-state index in [1.165, 1.54) is 24.8 Å². The van der Waals surface area contributed by atoms with E-state index in [1.807, 2.05) is 49.1 Å². The van der Waals surface area contributed by atoms with Crippen LogP contribution in [0.3, 0.4) is 0 Å². The lowest BCUT2D eigenvalue weighted by Crippen LogP contribution is -2.51. The minimum atomic E-state index is -0.695. The van der Waals surface area contributed by atoms with Gasteiger partial charge in [-0.15, -0.1) is 0 Å². The largest absolute Gasteiger partial charge is 0.453 e. The molecule has 2 N–H and O–H groups in total. The highest BCUT2D eigenvalue weighted by Gasteiger charge is 2.37. The number of carbonyl (C=O) groups is 2. The number of carbonyl (C=O) groups excluding carboxylic acids is 2. The summed E-state index contributed by atoms with van der Waals surface area (Å²) in [6.45, 7) is 6.34. The number of likely N-dealkylation sites (tertiary alicyclic amines) is 1. The van der Waals surface area contributed by atoms with Gasteiger partial charge < -0.3 is 29.7 Å². The van der Waals surface area contributed by atoms with Crippen LogP contribution in [-0.4, -0.2) is 66.2 Å². The van der Waals surface area contributed by atoms with E-state index in [1.54, 1.807) is 11.1 Å². The van der Waals surface area contributed by atoms with Crippen molar-refractivity contribution in [2.24, 2.45) is 5.92 Å². The Hall–Kier alpha value is -4.93. The van der Waals surface area contributed by atoms with E-state index in [4.69, 9.17) is 4.74 Å². The molecule has 0 aliphatic carbocycles. The molecule has 7 rings (SSSR count). The topological polar surface area (TPSA) is 93.8 Å². The Morgan fingerprint density at radius 3 is 2.21 bits per heavy atom. The van der Waals surface area contributed by atoms with Gasteiger partial charge >= 0.3 is 6.09 Å². The van der Waals surface area contributed by atoms with Crippen LogP contribution in [0, 0.1) is 17.6 Å². The Balaban J connectivity index is 1.02. The number of ether oxygens (including phenoxy) is 1. The van der Waals surface area contributed by atoms with Gasteiger partial charge in [0.2, 0.25) is 5.91 Å². The smallest absolute Gasteiger partial charge is 0.407 e. The van der Waals surface area contributed by atoms with Gasteiger partial charge in [0.1, 0.15) is 17.6 Å². The van der Waals surface area contributed by atoms with Crippen molar-refractivity contribution in [3.05, 3.63) is 102 Å². The first kappa shape index (κ1) is 35.5. The predicted molar refractivity (Wildman–Crippen MR) is 198 cm³/mol. The lowest BCUT2D eigenvalue weighted by atomic mass is 9.89. The number of methoxy groups -OCH3 is 1. The fraction of sp³-hybridized carbons (Fsp3) is 0.439. The van der Waals surface area contributed by atoms with Gasteiger partial charge in [0.15, 0.2) is 11.6 Å². The second-order valence-electron chi connectivity index (χ2n) is 14.6. The Bertz CT molecular complexity index is 1830. The molecule has 0 bridgehead atoms. The molecular weight excluding hydrogens is 662 g/mol. The van der Waals surface area contributed by atoms with E-state index in [2.05, 4.69) is 44.5 Å². The first-order valence-corrected chi connectivity index (χ1v) is 18.6. The number of halogens is 2. The van der Waals surface area contributed by atoms with Crippen molar-refractivity contribution in [3.8, 4) is 11.3 Å². The number of amides is 2. The number of nitrogens with zero attached hydrogens (tertiary/aromatic N) is 4. The van der Waals surface area contributed by atoms with Crippen LogP contribution >= 0.6 is 0 Å². The first-order valence-electron chi connectivity index (χ1n) is 18.6. The number of hydrogen-bond acceptors (Lipinski definition) is 6. The van der Waals surface area contributed by atoms with Gasteiger partial charge in [-0.05, 0) is 79.2 Å². The minimum absolute atomic E-state index is 0.00297. The van der Waals surface area contributed by atoms with E-state index < -0.39 is 23.8 Å². The number of H-pyrrole nitrogens is 1. The highest BCUT2D eigenvalue weighted by atomic mass is 19.1. The van der Waals surface area contributed by atoms with Crippen molar-refractivity contribution < 1.29 is 23.1 Å². The molecule has 3 aliphatic heterocycles. The van der Waals surface area contributed by atoms with Gasteiger partial charge in [-0.3, -0.25) is 4.79 Å². The lowest BCUT2D eigenvalue weighted by Gasteiger charge is -2.35. The van der Waals surface area contributed by atoms with Crippen LogP contribution in [0.2, 0.25) is 0 Å². The number of piperidine rings is 1. The number of imidazole rings is 1. The standard InChI is InChI=1S/C41H48F2N6O3/c1-26(2)37(46-41(51)52-3)40(50)49-20-8-12-36(49)39-44-25-34(45-39)29-13-15-30(16-14-29)35-11-7-19-48(35)31-23-32(42)38(33(43)24-31)47-21-17-28(18-22-47)27-9-5-4-6-10-27/h4-6,9-10,13-16,23-26,28,35-37H,7-8,11-12,17-22H2,1-3H3,(H,44,45)(H,46,51)/t35-,36-,37?/m0/s1. The van der Waals surface area contributed by atoms with Crippen LogP contribution in [0.1, 0.15) is 87.3 Å². The van der Waals surface area contributed by atoms with Crippen molar-refractivity contribution in [1.82, 2.24) is 20.2 Å². The third kappa shape index (κ3) is 7.22. The summed E-state index contributed by atoms with van der Waals surface area (Å²) in [4.78, 5) is 39.4. The van der Waals surface area contributed by atoms with Gasteiger partial charge in [0.05, 0.1) is 31.1 Å². The van der Waals surface area contributed by atoms with Crippen LogP contribution in [0.15, 0.2) is 72.9 Å². The Kier molecular flexibility index (Phi) is 10.5. The molecule has 3 atom stereocenters. The van der Waals surface area contributed by atoms with Crippen molar-refractivity contribution in [3.63, 3.8) is 0 Å². The number of benzene rings is 3. The SMILES string of the molecule is COC(=O)NC(C(=O)N1CCC[C@H]1c1ncc(-c2ccc([C@@H]3CCCN3c3cc(F)c(N4CCC(c5ccccc5)CC4)c(F)c3)cc2)[nH]1)C(C)C. The molecule has 3 fully saturated rings. The van der Waals surface area contributed by atoms with Crippen molar-refractivity contribution >= 4 is 23.4 Å². The highest BCUT2D eigenvalue weighted by Crippen LogP contribution is 2.40. The Morgan fingerprint density at radius 1 is 0.865 bits per heavy atom. The summed E-state index contributed by atoms with van der Waals surface area (Å²) in [7, 11) is 1.29. The summed E-state index contributed by atoms with van der Waals surface area (Å²) >= 11 is 0. The van der Waals surface area contributed by atoms with Gasteiger partial charge in [-0.2, -0.15) is 0 Å². The number of hydrogen-bond donors (Lipinski definition) is 2. The molecule has 2 amide bonds. The van der Waals surface area contributed by atoms with Gasteiger partial charge in [0, 0.05) is 31.9 Å². The zero-order valence-electron chi connectivity index (χ0n) is 30.2. The fourth-order valence-corrected chi connectivity index (χ4v) is 8.33. The Labute approximate surface area is 304 Å². The quantitative estimate of drug-likeness (QED) is 0.182. The maximum absolute atomic E-state index is 15.7. The molecule has 11 heteroatoms. The summed E-state index contributed by atoms with van der Waals surface area (Å²) in [5.41, 5.74) is 4.81. The van der Waals surface area contributed by atoms with Crippen LogP contribution < -0.4 is 15.1 Å². The molecule has 9 nitrogen and oxygen atoms in total. The first-order chi connectivity index (χ1) is 25.2. The molecule has 0 saturated carbocycles. The molecule has 4 aromatic rings. The van der Waals surface area contributed by atoms with E-state index >= 15 is 8.78 Å². The van der Waals surface area contributed by atoms with Gasteiger partial charge in [0.25, 0.3) is 0 Å². The fourth-order valence-electron chi connectivity index (χ4n) is 8.33. The van der Waals surface area contributed by atoms with Gasteiger partial charge in [-0.1, -0.05) is 68.4 Å². The summed E-state index contributed by atoms with van der Waals surface area (Å²) in [5.74, 6) is -0.161. The highest BCUT2D eigenvalue weighted by molar-refractivity contribution is 5.86. The minimum Gasteiger partial charge on any atom is -0.453 e. The van der Waals surface area contributed by atoms with Gasteiger partial charge in [-0.25, -0.2) is 18.6 Å². The normalized spacial score (nSPS) is 20.1. The number of anilines is 2. The summed E-state index contributed by atoms with van der Waals surface area (Å²) in [6, 6.07) is 20.7.